The first-order valence-electron chi connectivity index (χ1n) is 5.37. The summed E-state index contributed by atoms with van der Waals surface area (Å²) in [4.78, 5) is 21.7. The van der Waals surface area contributed by atoms with Crippen LogP contribution >= 0.6 is 11.6 Å². The Morgan fingerprint density at radius 1 is 1.58 bits per heavy atom. The second-order valence-electron chi connectivity index (χ2n) is 3.93. The Morgan fingerprint density at radius 3 is 2.89 bits per heavy atom. The molecule has 0 radical (unpaired) electrons. The summed E-state index contributed by atoms with van der Waals surface area (Å²) >= 11 is 5.81. The number of carbonyl (C=O) groups is 2. The van der Waals surface area contributed by atoms with Gasteiger partial charge in [-0.3, -0.25) is 0 Å². The van der Waals surface area contributed by atoms with Gasteiger partial charge in [-0.2, -0.15) is 0 Å². The second-order valence-corrected chi connectivity index (χ2v) is 4.31. The molecule has 19 heavy (non-hydrogen) atoms. The molecule has 6 nitrogen and oxygen atoms in total. The Kier molecular flexibility index (Phi) is 3.75. The lowest BCUT2D eigenvalue weighted by atomic mass is 10.2. The summed E-state index contributed by atoms with van der Waals surface area (Å²) in [6.07, 6.45) is 0. The number of rotatable bonds is 4. The molecule has 0 saturated carbocycles. The van der Waals surface area contributed by atoms with Gasteiger partial charge in [0.1, 0.15) is 18.2 Å². The van der Waals surface area contributed by atoms with Gasteiger partial charge >= 0.3 is 12.0 Å². The van der Waals surface area contributed by atoms with Crippen molar-refractivity contribution >= 4 is 23.6 Å². The van der Waals surface area contributed by atoms with Crippen LogP contribution in [0.1, 0.15) is 10.4 Å². The van der Waals surface area contributed by atoms with Crippen LogP contribution in [-0.4, -0.2) is 36.3 Å². The number of ether oxygens (including phenoxy) is 1. The third-order valence-electron chi connectivity index (χ3n) is 2.52. The highest BCUT2D eigenvalue weighted by Gasteiger charge is 2.22. The zero-order chi connectivity index (χ0) is 14.0. The predicted molar refractivity (Wildman–Crippen MR) is 64.2 cm³/mol. The number of benzene rings is 1. The Bertz CT molecular complexity index is 538. The maximum absolute atomic E-state index is 13.2. The summed E-state index contributed by atoms with van der Waals surface area (Å²) in [5.74, 6) is -2.17. The summed E-state index contributed by atoms with van der Waals surface area (Å²) in [5, 5.41) is 13.8. The lowest BCUT2D eigenvalue weighted by Crippen LogP contribution is -2.32. The van der Waals surface area contributed by atoms with Gasteiger partial charge in [0.05, 0.1) is 16.6 Å². The molecule has 0 spiro atoms. The smallest absolute Gasteiger partial charge is 0.337 e. The van der Waals surface area contributed by atoms with Gasteiger partial charge in [0.15, 0.2) is 0 Å². The SMILES string of the molecule is O=C1NC[C@H](COc2cc(F)cc(C(=O)O)c2Cl)N1. The van der Waals surface area contributed by atoms with E-state index in [1.165, 1.54) is 0 Å². The number of halogens is 2. The van der Waals surface area contributed by atoms with Gasteiger partial charge in [-0.25, -0.2) is 14.0 Å². The number of carbonyl (C=O) groups excluding carboxylic acids is 1. The van der Waals surface area contributed by atoms with Crippen LogP contribution in [-0.2, 0) is 0 Å². The molecule has 1 aliphatic heterocycles. The van der Waals surface area contributed by atoms with E-state index in [4.69, 9.17) is 21.4 Å². The van der Waals surface area contributed by atoms with E-state index in [-0.39, 0.29) is 35.0 Å². The number of aromatic carboxylic acids is 1. The molecule has 0 aromatic heterocycles. The monoisotopic (exact) mass is 288 g/mol. The lowest BCUT2D eigenvalue weighted by Gasteiger charge is -2.13. The van der Waals surface area contributed by atoms with Crippen LogP contribution in [0.15, 0.2) is 12.1 Å². The molecule has 1 atom stereocenters. The van der Waals surface area contributed by atoms with Crippen LogP contribution in [0.25, 0.3) is 0 Å². The molecule has 2 amide bonds. The average molecular weight is 289 g/mol. The molecule has 2 rings (SSSR count). The van der Waals surface area contributed by atoms with E-state index < -0.39 is 11.8 Å². The molecule has 1 fully saturated rings. The number of carboxylic acids is 1. The molecule has 1 aromatic carbocycles. The van der Waals surface area contributed by atoms with Crippen molar-refractivity contribution in [2.75, 3.05) is 13.2 Å². The minimum Gasteiger partial charge on any atom is -0.490 e. The van der Waals surface area contributed by atoms with E-state index in [1.807, 2.05) is 0 Å². The van der Waals surface area contributed by atoms with Crippen molar-refractivity contribution in [3.63, 3.8) is 0 Å². The number of hydrogen-bond donors (Lipinski definition) is 3. The van der Waals surface area contributed by atoms with Crippen molar-refractivity contribution in [1.29, 1.82) is 0 Å². The summed E-state index contributed by atoms with van der Waals surface area (Å²) in [7, 11) is 0. The highest BCUT2D eigenvalue weighted by molar-refractivity contribution is 6.34. The van der Waals surface area contributed by atoms with E-state index >= 15 is 0 Å². The molecule has 0 aliphatic carbocycles. The fourth-order valence-electron chi connectivity index (χ4n) is 1.62. The number of amides is 2. The standard InChI is InChI=1S/C11H10ClFN2O4/c12-9-7(10(16)17)1-5(13)2-8(9)19-4-6-3-14-11(18)15-6/h1-2,6H,3-4H2,(H,16,17)(H2,14,15,18)/t6-/m1/s1. The van der Waals surface area contributed by atoms with Gasteiger partial charge in [0.2, 0.25) is 0 Å². The van der Waals surface area contributed by atoms with Crippen LogP contribution < -0.4 is 15.4 Å². The van der Waals surface area contributed by atoms with Gasteiger partial charge in [0, 0.05) is 12.6 Å². The highest BCUT2D eigenvalue weighted by Crippen LogP contribution is 2.29. The minimum absolute atomic E-state index is 0.0565. The van der Waals surface area contributed by atoms with Gasteiger partial charge < -0.3 is 20.5 Å². The van der Waals surface area contributed by atoms with Gasteiger partial charge in [-0.05, 0) is 6.07 Å². The second kappa shape index (κ2) is 5.31. The maximum atomic E-state index is 13.2. The van der Waals surface area contributed by atoms with E-state index in [1.54, 1.807) is 0 Å². The summed E-state index contributed by atoms with van der Waals surface area (Å²) < 4.78 is 18.5. The van der Waals surface area contributed by atoms with Crippen LogP contribution in [0, 0.1) is 5.82 Å². The molecular formula is C11H10ClFN2O4. The third kappa shape index (κ3) is 3.05. The number of hydrogen-bond acceptors (Lipinski definition) is 3. The normalized spacial score (nSPS) is 17.8. The first-order chi connectivity index (χ1) is 8.97. The molecular weight excluding hydrogens is 279 g/mol. The van der Waals surface area contributed by atoms with Crippen molar-refractivity contribution in [3.8, 4) is 5.75 Å². The van der Waals surface area contributed by atoms with Crippen LogP contribution in [0.5, 0.6) is 5.75 Å². The third-order valence-corrected chi connectivity index (χ3v) is 2.91. The topological polar surface area (TPSA) is 87.7 Å². The van der Waals surface area contributed by atoms with E-state index in [9.17, 15) is 14.0 Å². The van der Waals surface area contributed by atoms with E-state index in [0.717, 1.165) is 12.1 Å². The molecule has 8 heteroatoms. The van der Waals surface area contributed by atoms with Crippen molar-refractivity contribution in [2.45, 2.75) is 6.04 Å². The van der Waals surface area contributed by atoms with Crippen molar-refractivity contribution in [3.05, 3.63) is 28.5 Å². The van der Waals surface area contributed by atoms with Crippen LogP contribution in [0.3, 0.4) is 0 Å². The van der Waals surface area contributed by atoms with Gasteiger partial charge in [0.25, 0.3) is 0 Å². The zero-order valence-corrected chi connectivity index (χ0v) is 10.3. The Labute approximate surface area is 112 Å². The maximum Gasteiger partial charge on any atom is 0.337 e. The van der Waals surface area contributed by atoms with Gasteiger partial charge in [-0.15, -0.1) is 0 Å². The first-order valence-corrected chi connectivity index (χ1v) is 5.74. The molecule has 0 unspecified atom stereocenters. The van der Waals surface area contributed by atoms with Crippen molar-refractivity contribution in [2.24, 2.45) is 0 Å². The molecule has 3 N–H and O–H groups in total. The van der Waals surface area contributed by atoms with Gasteiger partial charge in [-0.1, -0.05) is 11.6 Å². The zero-order valence-electron chi connectivity index (χ0n) is 9.57. The molecule has 102 valence electrons. The molecule has 1 aromatic rings. The molecule has 1 heterocycles. The number of nitrogens with one attached hydrogen (secondary N) is 2. The molecule has 1 saturated heterocycles. The van der Waals surface area contributed by atoms with Crippen LogP contribution in [0.4, 0.5) is 9.18 Å². The first kappa shape index (κ1) is 13.4. The largest absolute Gasteiger partial charge is 0.490 e. The Morgan fingerprint density at radius 2 is 2.32 bits per heavy atom. The minimum atomic E-state index is -1.34. The predicted octanol–water partition coefficient (Wildman–Crippen LogP) is 1.24. The molecule has 1 aliphatic rings. The summed E-state index contributed by atoms with van der Waals surface area (Å²) in [6, 6.07) is 1.22. The summed E-state index contributed by atoms with van der Waals surface area (Å²) in [6.45, 7) is 0.429. The Hall–Kier alpha value is -2.02. The summed E-state index contributed by atoms with van der Waals surface area (Å²) in [5.41, 5.74) is -0.370. The quantitative estimate of drug-likeness (QED) is 0.778. The highest BCUT2D eigenvalue weighted by atomic mass is 35.5. The fourth-order valence-corrected chi connectivity index (χ4v) is 1.86. The lowest BCUT2D eigenvalue weighted by molar-refractivity contribution is 0.0696. The van der Waals surface area contributed by atoms with Crippen molar-refractivity contribution < 1.29 is 23.8 Å². The van der Waals surface area contributed by atoms with E-state index in [0.29, 0.717) is 6.54 Å². The van der Waals surface area contributed by atoms with Crippen molar-refractivity contribution in [1.82, 2.24) is 10.6 Å². The van der Waals surface area contributed by atoms with E-state index in [2.05, 4.69) is 10.6 Å². The molecule has 0 bridgehead atoms. The fraction of sp³-hybridized carbons (Fsp3) is 0.273. The number of urea groups is 1. The number of carboxylic acid groups (broad SMARTS) is 1. The Balaban J connectivity index is 2.11. The average Bonchev–Trinajstić information content (AvgIpc) is 2.75. The van der Waals surface area contributed by atoms with Crippen LogP contribution in [0.2, 0.25) is 5.02 Å².